The second-order valence-corrected chi connectivity index (χ2v) is 5.68. The average molecular weight is 247 g/mol. The minimum absolute atomic E-state index is 0.423. The minimum Gasteiger partial charge on any atom is -0.381 e. The Hall–Kier alpha value is -0.860. The molecule has 0 radical (unpaired) electrons. The smallest absolute Gasteiger partial charge is 0.0507 e. The highest BCUT2D eigenvalue weighted by atomic mass is 16.5. The molecule has 0 aromatic heterocycles. The van der Waals surface area contributed by atoms with Crippen molar-refractivity contribution in [2.45, 2.75) is 39.2 Å². The third-order valence-corrected chi connectivity index (χ3v) is 3.84. The molecule has 1 saturated heterocycles. The second kappa shape index (κ2) is 6.35. The monoisotopic (exact) mass is 247 g/mol. The van der Waals surface area contributed by atoms with Crippen molar-refractivity contribution in [1.29, 1.82) is 0 Å². The highest BCUT2D eigenvalue weighted by Gasteiger charge is 2.16. The topological polar surface area (TPSA) is 21.3 Å². The van der Waals surface area contributed by atoms with Crippen LogP contribution in [0.25, 0.3) is 0 Å². The van der Waals surface area contributed by atoms with Gasteiger partial charge in [0.05, 0.1) is 6.61 Å². The van der Waals surface area contributed by atoms with E-state index in [2.05, 4.69) is 50.4 Å². The van der Waals surface area contributed by atoms with Crippen molar-refractivity contribution in [3.8, 4) is 0 Å². The lowest BCUT2D eigenvalue weighted by molar-refractivity contribution is 0.184. The Morgan fingerprint density at radius 2 is 1.83 bits per heavy atom. The quantitative estimate of drug-likeness (QED) is 0.860. The van der Waals surface area contributed by atoms with Gasteiger partial charge in [-0.2, -0.15) is 0 Å². The molecule has 1 N–H and O–H groups in total. The Balaban J connectivity index is 1.85. The van der Waals surface area contributed by atoms with Crippen LogP contribution in [0.5, 0.6) is 0 Å². The number of hydrogen-bond acceptors (Lipinski definition) is 2. The van der Waals surface area contributed by atoms with Crippen LogP contribution in [0, 0.1) is 5.92 Å². The summed E-state index contributed by atoms with van der Waals surface area (Å²) in [5.41, 5.74) is 2.79. The number of rotatable bonds is 5. The molecule has 1 heterocycles. The average Bonchev–Trinajstić information content (AvgIpc) is 2.89. The largest absolute Gasteiger partial charge is 0.381 e. The van der Waals surface area contributed by atoms with E-state index in [1.54, 1.807) is 0 Å². The number of benzene rings is 1. The zero-order valence-electron chi connectivity index (χ0n) is 11.8. The van der Waals surface area contributed by atoms with Gasteiger partial charge in [-0.25, -0.2) is 0 Å². The fraction of sp³-hybridized carbons (Fsp3) is 0.625. The van der Waals surface area contributed by atoms with Crippen LogP contribution < -0.4 is 5.32 Å². The Morgan fingerprint density at radius 3 is 2.39 bits per heavy atom. The van der Waals surface area contributed by atoms with E-state index in [-0.39, 0.29) is 0 Å². The van der Waals surface area contributed by atoms with Crippen LogP contribution in [0.3, 0.4) is 0 Å². The van der Waals surface area contributed by atoms with Crippen molar-refractivity contribution in [2.24, 2.45) is 5.92 Å². The first-order valence-corrected chi connectivity index (χ1v) is 7.08. The van der Waals surface area contributed by atoms with Gasteiger partial charge in [-0.1, -0.05) is 38.1 Å². The molecule has 0 aliphatic carbocycles. The van der Waals surface area contributed by atoms with Crippen LogP contribution in [0.15, 0.2) is 24.3 Å². The molecule has 0 amide bonds. The van der Waals surface area contributed by atoms with Gasteiger partial charge < -0.3 is 10.1 Å². The third kappa shape index (κ3) is 3.56. The van der Waals surface area contributed by atoms with E-state index in [1.165, 1.54) is 17.5 Å². The molecule has 1 fully saturated rings. The van der Waals surface area contributed by atoms with E-state index < -0.39 is 0 Å². The molecule has 2 nitrogen and oxygen atoms in total. The normalized spacial score (nSPS) is 21.4. The van der Waals surface area contributed by atoms with Crippen molar-refractivity contribution in [1.82, 2.24) is 5.32 Å². The summed E-state index contributed by atoms with van der Waals surface area (Å²) in [7, 11) is 0. The summed E-state index contributed by atoms with van der Waals surface area (Å²) >= 11 is 0. The predicted octanol–water partition coefficient (Wildman–Crippen LogP) is 3.50. The zero-order valence-corrected chi connectivity index (χ0v) is 11.8. The summed E-state index contributed by atoms with van der Waals surface area (Å²) in [5.74, 6) is 1.31. The van der Waals surface area contributed by atoms with Gasteiger partial charge in [0.1, 0.15) is 0 Å². The van der Waals surface area contributed by atoms with Crippen LogP contribution >= 0.6 is 0 Å². The Labute approximate surface area is 111 Å². The first kappa shape index (κ1) is 13.6. The maximum atomic E-state index is 5.40. The van der Waals surface area contributed by atoms with E-state index in [4.69, 9.17) is 4.74 Å². The Kier molecular flexibility index (Phi) is 4.79. The molecule has 2 atom stereocenters. The molecule has 2 unspecified atom stereocenters. The van der Waals surface area contributed by atoms with Gasteiger partial charge in [0.2, 0.25) is 0 Å². The van der Waals surface area contributed by atoms with Crippen LogP contribution in [-0.2, 0) is 4.74 Å². The summed E-state index contributed by atoms with van der Waals surface area (Å²) in [6, 6.07) is 9.41. The molecular formula is C16H25NO. The molecule has 18 heavy (non-hydrogen) atoms. The number of nitrogens with one attached hydrogen (secondary N) is 1. The van der Waals surface area contributed by atoms with E-state index in [0.717, 1.165) is 19.8 Å². The molecule has 100 valence electrons. The van der Waals surface area contributed by atoms with Crippen molar-refractivity contribution in [2.75, 3.05) is 19.8 Å². The van der Waals surface area contributed by atoms with E-state index in [0.29, 0.717) is 17.9 Å². The van der Waals surface area contributed by atoms with Crippen LogP contribution in [0.4, 0.5) is 0 Å². The van der Waals surface area contributed by atoms with E-state index >= 15 is 0 Å². The van der Waals surface area contributed by atoms with Gasteiger partial charge in [0.25, 0.3) is 0 Å². The third-order valence-electron chi connectivity index (χ3n) is 3.84. The Morgan fingerprint density at radius 1 is 1.17 bits per heavy atom. The van der Waals surface area contributed by atoms with Crippen molar-refractivity contribution < 1.29 is 4.74 Å². The summed E-state index contributed by atoms with van der Waals surface area (Å²) < 4.78 is 5.40. The van der Waals surface area contributed by atoms with E-state index in [1.807, 2.05) is 0 Å². The van der Waals surface area contributed by atoms with Crippen molar-refractivity contribution in [3.63, 3.8) is 0 Å². The lowest BCUT2D eigenvalue weighted by atomic mass is 9.99. The lowest BCUT2D eigenvalue weighted by Crippen LogP contribution is -2.25. The standard InChI is InChI=1S/C16H25NO/c1-12(2)15-4-6-16(7-5-15)13(3)17-10-14-8-9-18-11-14/h4-7,12-14,17H,8-11H2,1-3H3. The highest BCUT2D eigenvalue weighted by molar-refractivity contribution is 5.26. The molecule has 2 rings (SSSR count). The fourth-order valence-corrected chi connectivity index (χ4v) is 2.38. The second-order valence-electron chi connectivity index (χ2n) is 5.68. The van der Waals surface area contributed by atoms with Gasteiger partial charge in [-0.05, 0) is 36.3 Å². The summed E-state index contributed by atoms with van der Waals surface area (Å²) in [4.78, 5) is 0. The number of hydrogen-bond donors (Lipinski definition) is 1. The summed E-state index contributed by atoms with van der Waals surface area (Å²) in [6.07, 6.45) is 1.20. The van der Waals surface area contributed by atoms with Gasteiger partial charge >= 0.3 is 0 Å². The van der Waals surface area contributed by atoms with Crippen molar-refractivity contribution in [3.05, 3.63) is 35.4 Å². The molecule has 1 aliphatic heterocycles. The number of ether oxygens (including phenoxy) is 1. The van der Waals surface area contributed by atoms with E-state index in [9.17, 15) is 0 Å². The molecule has 1 aromatic rings. The molecule has 1 aliphatic rings. The molecule has 0 spiro atoms. The first-order valence-electron chi connectivity index (χ1n) is 7.08. The van der Waals surface area contributed by atoms with Gasteiger partial charge in [-0.15, -0.1) is 0 Å². The molecule has 0 saturated carbocycles. The predicted molar refractivity (Wildman–Crippen MR) is 75.9 cm³/mol. The summed E-state index contributed by atoms with van der Waals surface area (Å²) in [6.45, 7) is 9.62. The fourth-order valence-electron chi connectivity index (χ4n) is 2.38. The van der Waals surface area contributed by atoms with Gasteiger partial charge in [-0.3, -0.25) is 0 Å². The Bertz CT molecular complexity index is 352. The zero-order chi connectivity index (χ0) is 13.0. The molecular weight excluding hydrogens is 222 g/mol. The van der Waals surface area contributed by atoms with Crippen LogP contribution in [-0.4, -0.2) is 19.8 Å². The van der Waals surface area contributed by atoms with Crippen LogP contribution in [0.2, 0.25) is 0 Å². The SMILES string of the molecule is CC(C)c1ccc(C(C)NCC2CCOC2)cc1. The van der Waals surface area contributed by atoms with Gasteiger partial charge in [0, 0.05) is 19.2 Å². The summed E-state index contributed by atoms with van der Waals surface area (Å²) in [5, 5.41) is 3.61. The molecule has 2 heteroatoms. The maximum Gasteiger partial charge on any atom is 0.0507 e. The molecule has 1 aromatic carbocycles. The maximum absolute atomic E-state index is 5.40. The van der Waals surface area contributed by atoms with Crippen LogP contribution in [0.1, 0.15) is 50.3 Å². The first-order chi connectivity index (χ1) is 8.66. The van der Waals surface area contributed by atoms with Crippen molar-refractivity contribution >= 4 is 0 Å². The lowest BCUT2D eigenvalue weighted by Gasteiger charge is -2.17. The molecule has 0 bridgehead atoms. The van der Waals surface area contributed by atoms with Gasteiger partial charge in [0.15, 0.2) is 0 Å². The minimum atomic E-state index is 0.423. The highest BCUT2D eigenvalue weighted by Crippen LogP contribution is 2.19.